The second-order valence-corrected chi connectivity index (χ2v) is 8.49. The molecule has 2 aromatic carbocycles. The zero-order valence-corrected chi connectivity index (χ0v) is 18.4. The van der Waals surface area contributed by atoms with E-state index in [0.29, 0.717) is 17.2 Å². The maximum absolute atomic E-state index is 12.5. The van der Waals surface area contributed by atoms with Crippen molar-refractivity contribution >= 4 is 33.2 Å². The van der Waals surface area contributed by atoms with Crippen LogP contribution in [0.15, 0.2) is 59.5 Å². The Morgan fingerprint density at radius 3 is 2.16 bits per heavy atom. The Hall–Kier alpha value is -3.64. The van der Waals surface area contributed by atoms with Gasteiger partial charge in [-0.25, -0.2) is 13.4 Å². The molecule has 0 saturated heterocycles. The van der Waals surface area contributed by atoms with Crippen LogP contribution in [0.4, 0.5) is 23.1 Å². The van der Waals surface area contributed by atoms with Crippen molar-refractivity contribution in [3.63, 3.8) is 0 Å². The van der Waals surface area contributed by atoms with E-state index in [1.807, 2.05) is 19.1 Å². The van der Waals surface area contributed by atoms with E-state index in [2.05, 4.69) is 38.8 Å². The van der Waals surface area contributed by atoms with E-state index in [9.17, 15) is 8.42 Å². The van der Waals surface area contributed by atoms with Crippen molar-refractivity contribution < 1.29 is 8.42 Å². The molecule has 160 valence electrons. The van der Waals surface area contributed by atoms with E-state index in [0.717, 1.165) is 30.3 Å². The van der Waals surface area contributed by atoms with Crippen molar-refractivity contribution in [2.75, 3.05) is 28.0 Å². The molecule has 0 amide bonds. The fourth-order valence-electron chi connectivity index (χ4n) is 2.99. The first-order valence-electron chi connectivity index (χ1n) is 9.85. The molecular formula is C22H24N6O2S. The van der Waals surface area contributed by atoms with Crippen molar-refractivity contribution in [2.45, 2.75) is 25.7 Å². The summed E-state index contributed by atoms with van der Waals surface area (Å²) in [6.45, 7) is 7.76. The number of benzene rings is 2. The number of anilines is 4. The summed E-state index contributed by atoms with van der Waals surface area (Å²) in [6, 6.07) is 16.5. The number of aryl methyl sites for hydroxylation is 1. The first kappa shape index (κ1) is 22.1. The predicted molar refractivity (Wildman–Crippen MR) is 122 cm³/mol. The minimum Gasteiger partial charge on any atom is -0.357 e. The number of rotatable bonds is 8. The van der Waals surface area contributed by atoms with Gasteiger partial charge in [-0.05, 0) is 69.3 Å². The van der Waals surface area contributed by atoms with E-state index in [1.54, 1.807) is 24.3 Å². The lowest BCUT2D eigenvalue weighted by atomic mass is 10.2. The highest BCUT2D eigenvalue weighted by molar-refractivity contribution is 7.92. The predicted octanol–water partition coefficient (Wildman–Crippen LogP) is 4.05. The summed E-state index contributed by atoms with van der Waals surface area (Å²) in [5.74, 6) is 1.33. The van der Waals surface area contributed by atoms with E-state index in [4.69, 9.17) is 5.26 Å². The van der Waals surface area contributed by atoms with Gasteiger partial charge in [0.05, 0.1) is 16.5 Å². The van der Waals surface area contributed by atoms with Crippen molar-refractivity contribution in [3.05, 3.63) is 65.9 Å². The molecule has 1 aromatic heterocycles. The molecule has 3 rings (SSSR count). The number of nitrogens with zero attached hydrogens (tertiary/aromatic N) is 4. The summed E-state index contributed by atoms with van der Waals surface area (Å²) in [4.78, 5) is 11.2. The van der Waals surface area contributed by atoms with Crippen molar-refractivity contribution in [1.29, 1.82) is 5.26 Å². The maximum Gasteiger partial charge on any atom is 0.261 e. The van der Waals surface area contributed by atoms with Crippen LogP contribution >= 0.6 is 0 Å². The van der Waals surface area contributed by atoms with Crippen LogP contribution in [0, 0.1) is 18.3 Å². The van der Waals surface area contributed by atoms with Crippen LogP contribution in [0.1, 0.15) is 25.1 Å². The van der Waals surface area contributed by atoms with Gasteiger partial charge in [0.1, 0.15) is 5.82 Å². The summed E-state index contributed by atoms with van der Waals surface area (Å²) in [5, 5.41) is 12.0. The highest BCUT2D eigenvalue weighted by atomic mass is 32.2. The zero-order valence-electron chi connectivity index (χ0n) is 17.6. The van der Waals surface area contributed by atoms with E-state index in [1.165, 1.54) is 24.3 Å². The summed E-state index contributed by atoms with van der Waals surface area (Å²) in [7, 11) is -3.75. The Bertz CT molecular complexity index is 1180. The normalized spacial score (nSPS) is 10.9. The molecule has 9 heteroatoms. The van der Waals surface area contributed by atoms with Crippen LogP contribution in [0.2, 0.25) is 0 Å². The van der Waals surface area contributed by atoms with Crippen LogP contribution < -0.4 is 14.9 Å². The number of nitrogens with one attached hydrogen (secondary N) is 2. The Labute approximate surface area is 182 Å². The highest BCUT2D eigenvalue weighted by Crippen LogP contribution is 2.22. The quantitative estimate of drug-likeness (QED) is 0.548. The molecule has 1 heterocycles. The van der Waals surface area contributed by atoms with E-state index >= 15 is 0 Å². The van der Waals surface area contributed by atoms with Crippen LogP contribution in [-0.4, -0.2) is 31.5 Å². The van der Waals surface area contributed by atoms with Gasteiger partial charge in [-0.1, -0.05) is 0 Å². The van der Waals surface area contributed by atoms with Gasteiger partial charge >= 0.3 is 0 Å². The number of nitriles is 1. The van der Waals surface area contributed by atoms with E-state index < -0.39 is 10.0 Å². The minimum absolute atomic E-state index is 0.0887. The Morgan fingerprint density at radius 1 is 0.968 bits per heavy atom. The van der Waals surface area contributed by atoms with Gasteiger partial charge < -0.3 is 10.2 Å². The van der Waals surface area contributed by atoms with Gasteiger partial charge in [0.25, 0.3) is 10.0 Å². The van der Waals surface area contributed by atoms with Gasteiger partial charge in [0.2, 0.25) is 5.95 Å². The molecule has 3 aromatic rings. The first-order valence-corrected chi connectivity index (χ1v) is 11.3. The summed E-state index contributed by atoms with van der Waals surface area (Å²) >= 11 is 0. The van der Waals surface area contributed by atoms with Gasteiger partial charge in [0, 0.05) is 36.2 Å². The molecule has 8 nitrogen and oxygen atoms in total. The number of hydrogen-bond donors (Lipinski definition) is 2. The second kappa shape index (κ2) is 9.45. The lowest BCUT2D eigenvalue weighted by Crippen LogP contribution is -2.23. The Kier molecular flexibility index (Phi) is 6.72. The third kappa shape index (κ3) is 5.49. The van der Waals surface area contributed by atoms with Crippen molar-refractivity contribution in [2.24, 2.45) is 0 Å². The number of hydrogen-bond acceptors (Lipinski definition) is 7. The molecule has 0 atom stereocenters. The summed E-state index contributed by atoms with van der Waals surface area (Å²) in [6.07, 6.45) is 0. The van der Waals surface area contributed by atoms with Crippen molar-refractivity contribution in [3.8, 4) is 6.07 Å². The lowest BCUT2D eigenvalue weighted by molar-refractivity contribution is 0.601. The first-order chi connectivity index (χ1) is 14.8. The zero-order chi connectivity index (χ0) is 22.4. The maximum atomic E-state index is 12.5. The molecule has 0 radical (unpaired) electrons. The van der Waals surface area contributed by atoms with Gasteiger partial charge in [-0.2, -0.15) is 10.2 Å². The number of aromatic nitrogens is 2. The molecule has 2 N–H and O–H groups in total. The third-order valence-corrected chi connectivity index (χ3v) is 6.01. The van der Waals surface area contributed by atoms with Crippen LogP contribution in [0.3, 0.4) is 0 Å². The summed E-state index contributed by atoms with van der Waals surface area (Å²) in [5.41, 5.74) is 2.41. The van der Waals surface area contributed by atoms with Crippen molar-refractivity contribution in [1.82, 2.24) is 9.97 Å². The van der Waals surface area contributed by atoms with Gasteiger partial charge in [-0.15, -0.1) is 0 Å². The van der Waals surface area contributed by atoms with E-state index in [-0.39, 0.29) is 4.90 Å². The molecule has 0 aliphatic carbocycles. The minimum atomic E-state index is -3.75. The molecule has 31 heavy (non-hydrogen) atoms. The average Bonchev–Trinajstić information content (AvgIpc) is 2.75. The van der Waals surface area contributed by atoms with Crippen LogP contribution in [-0.2, 0) is 10.0 Å². The molecule has 0 saturated carbocycles. The van der Waals surface area contributed by atoms with Gasteiger partial charge in [0.15, 0.2) is 0 Å². The number of sulfonamides is 1. The summed E-state index contributed by atoms with van der Waals surface area (Å²) < 4.78 is 27.6. The fraction of sp³-hybridized carbons (Fsp3) is 0.227. The lowest BCUT2D eigenvalue weighted by Gasteiger charge is -2.20. The largest absolute Gasteiger partial charge is 0.357 e. The highest BCUT2D eigenvalue weighted by Gasteiger charge is 2.14. The molecule has 0 fully saturated rings. The average molecular weight is 437 g/mol. The molecule has 0 bridgehead atoms. The molecule has 0 aliphatic heterocycles. The fourth-order valence-corrected chi connectivity index (χ4v) is 4.05. The molecule has 0 spiro atoms. The molecular weight excluding hydrogens is 412 g/mol. The van der Waals surface area contributed by atoms with Crippen LogP contribution in [0.5, 0.6) is 0 Å². The SMILES string of the molecule is CCN(CC)c1cc(C)nc(Nc2ccc(NS(=O)(=O)c3ccc(C#N)cc3)cc2)n1. The van der Waals surface area contributed by atoms with Gasteiger partial charge in [-0.3, -0.25) is 4.72 Å². The second-order valence-electron chi connectivity index (χ2n) is 6.81. The Morgan fingerprint density at radius 2 is 1.58 bits per heavy atom. The molecule has 0 unspecified atom stereocenters. The van der Waals surface area contributed by atoms with Crippen LogP contribution in [0.25, 0.3) is 0 Å². The smallest absolute Gasteiger partial charge is 0.261 e. The monoisotopic (exact) mass is 436 g/mol. The topological polar surface area (TPSA) is 111 Å². The Balaban J connectivity index is 1.74. The standard InChI is InChI=1S/C22H24N6O2S/c1-4-28(5-2)21-14-16(3)24-22(26-21)25-18-8-10-19(11-9-18)27-31(29,30)20-12-6-17(15-23)7-13-20/h6-14,27H,4-5H2,1-3H3,(H,24,25,26). The third-order valence-electron chi connectivity index (χ3n) is 4.62. The molecule has 0 aliphatic rings.